The summed E-state index contributed by atoms with van der Waals surface area (Å²) in [6.07, 6.45) is -6.19. The first-order valence-corrected chi connectivity index (χ1v) is 36.1. The molecule has 3 aromatic heterocycles. The maximum Gasteiger partial charge on any atom is 0.421 e. The topological polar surface area (TPSA) is 339 Å². The lowest BCUT2D eigenvalue weighted by molar-refractivity contribution is -0.138. The predicted octanol–water partition coefficient (Wildman–Crippen LogP) is 12.4. The molecule has 534 valence electrons. The summed E-state index contributed by atoms with van der Waals surface area (Å²) in [5.74, 6) is -1.72. The summed E-state index contributed by atoms with van der Waals surface area (Å²) >= 11 is 0. The number of carbonyl (C=O) groups excluding carboxylic acids is 3. The van der Waals surface area contributed by atoms with Crippen LogP contribution < -0.4 is 47.9 Å². The van der Waals surface area contributed by atoms with E-state index in [4.69, 9.17) is 0 Å². The van der Waals surface area contributed by atoms with Crippen LogP contribution in [0.1, 0.15) is 69.3 Å². The average molecular weight is 1470 g/mol. The van der Waals surface area contributed by atoms with Gasteiger partial charge in [-0.15, -0.1) is 0 Å². The van der Waals surface area contributed by atoms with Crippen LogP contribution >= 0.6 is 0 Å². The Hall–Kier alpha value is -11.0. The maximum absolute atomic E-state index is 13.5. The van der Waals surface area contributed by atoms with Crippen molar-refractivity contribution in [2.75, 3.05) is 66.6 Å². The quantitative estimate of drug-likeness (QED) is 0.0360. The Bertz CT molecular complexity index is 4580. The second-order valence-electron chi connectivity index (χ2n) is 23.3. The van der Waals surface area contributed by atoms with E-state index < -0.39 is 82.2 Å². The summed E-state index contributed by atoms with van der Waals surface area (Å²) in [6.45, 7) is -0.246. The molecule has 0 saturated carbocycles. The zero-order valence-corrected chi connectivity index (χ0v) is 56.2. The summed E-state index contributed by atoms with van der Waals surface area (Å²) in [5, 5.41) is 24.9. The third-order valence-electron chi connectivity index (χ3n) is 15.4. The van der Waals surface area contributed by atoms with Crippen LogP contribution in [-0.2, 0) is 101 Å². The average Bonchev–Trinajstić information content (AvgIpc) is 0.976. The molecule has 36 heteroatoms. The molecule has 0 radical (unpaired) electrons. The van der Waals surface area contributed by atoms with Gasteiger partial charge >= 0.3 is 18.5 Å². The number of nitrogens with one attached hydrogen (secondary N) is 9. The monoisotopic (exact) mass is 1470 g/mol. The van der Waals surface area contributed by atoms with Crippen molar-refractivity contribution in [3.05, 3.63) is 196 Å². The molecule has 0 unspecified atom stereocenters. The first-order chi connectivity index (χ1) is 48.0. The molecule has 9 N–H and O–H groups in total. The second-order valence-corrected chi connectivity index (χ2v) is 29.4. The molecule has 0 aliphatic carbocycles. The Morgan fingerprint density at radius 1 is 0.373 bits per heavy atom. The number of sulfone groups is 3. The molecule has 9 aromatic rings. The standard InChI is InChI=1S/3C22H20F3N5O3S/c3*1-34(32,33)16-4-2-3-13(9-16)11-26-20-17(22(23,24)25)12-27-21(30-20)28-15-6-7-18-14(10-15)5-8-19(31)29-18/h3*2-4,6-7,9-10,12H,5,8,11H2,1H3,(H,29,31)(H2,26,27,28,30). The first kappa shape index (κ1) is 73.7. The molecular formula is C66H60F9N15O9S3. The lowest BCUT2D eigenvalue weighted by atomic mass is 10.0. The summed E-state index contributed by atoms with van der Waals surface area (Å²) in [4.78, 5) is 58.1. The number of nitrogens with zero attached hydrogens (tertiary/aromatic N) is 6. The Balaban J connectivity index is 0.000000165. The number of amides is 3. The highest BCUT2D eigenvalue weighted by Crippen LogP contribution is 2.39. The van der Waals surface area contributed by atoms with Gasteiger partial charge in [-0.3, -0.25) is 14.4 Å². The molecule has 12 rings (SSSR count). The van der Waals surface area contributed by atoms with E-state index in [9.17, 15) is 79.2 Å². The number of aryl methyl sites for hydroxylation is 3. The normalized spacial score (nSPS) is 13.7. The van der Waals surface area contributed by atoms with Crippen molar-refractivity contribution in [2.24, 2.45) is 0 Å². The first-order valence-electron chi connectivity index (χ1n) is 30.5. The number of halogens is 9. The second kappa shape index (κ2) is 30.1. The lowest BCUT2D eigenvalue weighted by Gasteiger charge is -2.18. The van der Waals surface area contributed by atoms with Gasteiger partial charge in [-0.2, -0.15) is 54.5 Å². The number of rotatable bonds is 18. The molecule has 102 heavy (non-hydrogen) atoms. The third-order valence-corrected chi connectivity index (χ3v) is 18.7. The largest absolute Gasteiger partial charge is 0.421 e. The van der Waals surface area contributed by atoms with E-state index in [1.54, 1.807) is 72.8 Å². The Morgan fingerprint density at radius 2 is 0.637 bits per heavy atom. The van der Waals surface area contributed by atoms with Crippen LogP contribution in [0.3, 0.4) is 0 Å². The van der Waals surface area contributed by atoms with Crippen molar-refractivity contribution in [3.63, 3.8) is 0 Å². The lowest BCUT2D eigenvalue weighted by Crippen LogP contribution is -2.19. The molecule has 3 amide bonds. The molecule has 0 fully saturated rings. The molecule has 24 nitrogen and oxygen atoms in total. The number of fused-ring (bicyclic) bond motifs is 3. The van der Waals surface area contributed by atoms with Gasteiger partial charge in [0.05, 0.1) is 14.7 Å². The van der Waals surface area contributed by atoms with Crippen LogP contribution in [0.2, 0.25) is 0 Å². The number of anilines is 12. The summed E-state index contributed by atoms with van der Waals surface area (Å²) < 4.78 is 192. The SMILES string of the molecule is CS(=O)(=O)c1cccc(CNc2nc(Nc3ccc4c(c3)CCC(=O)N4)ncc2C(F)(F)F)c1.CS(=O)(=O)c1cccc(CNc2nc(Nc3ccc4c(c3)CCC(=O)N4)ncc2C(F)(F)F)c1.CS(=O)(=O)c1cccc(CNc2nc(Nc3ccc4c(c3)CCC(=O)N4)ncc2C(F)(F)F)c1. The van der Waals surface area contributed by atoms with E-state index in [0.29, 0.717) is 108 Å². The van der Waals surface area contributed by atoms with Gasteiger partial charge in [0.15, 0.2) is 29.5 Å². The van der Waals surface area contributed by atoms with Crippen LogP contribution in [0.25, 0.3) is 0 Å². The van der Waals surface area contributed by atoms with Crippen LogP contribution in [0.15, 0.2) is 161 Å². The molecule has 0 spiro atoms. The fourth-order valence-corrected chi connectivity index (χ4v) is 12.4. The molecule has 6 heterocycles. The number of hydrogen-bond donors (Lipinski definition) is 9. The highest BCUT2D eigenvalue weighted by Gasteiger charge is 2.38. The summed E-state index contributed by atoms with van der Waals surface area (Å²) in [5.41, 5.74) is 4.67. The van der Waals surface area contributed by atoms with Gasteiger partial charge in [-0.05, 0) is 144 Å². The van der Waals surface area contributed by atoms with Crippen molar-refractivity contribution < 1.29 is 79.2 Å². The van der Waals surface area contributed by atoms with E-state index >= 15 is 0 Å². The van der Waals surface area contributed by atoms with Crippen LogP contribution in [0.5, 0.6) is 0 Å². The molecular weight excluding hydrogens is 1410 g/mol. The van der Waals surface area contributed by atoms with Crippen molar-refractivity contribution in [1.29, 1.82) is 0 Å². The zero-order valence-electron chi connectivity index (χ0n) is 53.7. The van der Waals surface area contributed by atoms with E-state index in [1.807, 2.05) is 0 Å². The van der Waals surface area contributed by atoms with E-state index in [0.717, 1.165) is 35.5 Å². The highest BCUT2D eigenvalue weighted by atomic mass is 32.2. The van der Waals surface area contributed by atoms with Gasteiger partial charge in [0.2, 0.25) is 35.6 Å². The summed E-state index contributed by atoms with van der Waals surface area (Å²) in [7, 11) is -10.4. The Morgan fingerprint density at radius 3 is 0.882 bits per heavy atom. The molecule has 3 aliphatic heterocycles. The van der Waals surface area contributed by atoms with Crippen molar-refractivity contribution >= 4 is 117 Å². The zero-order chi connectivity index (χ0) is 73.5. The van der Waals surface area contributed by atoms with Gasteiger partial charge in [0.25, 0.3) is 0 Å². The number of aromatic nitrogens is 6. The minimum absolute atomic E-state index is 0.0554. The number of benzene rings is 6. The van der Waals surface area contributed by atoms with Crippen LogP contribution in [-0.4, -0.2) is 91.6 Å². The van der Waals surface area contributed by atoms with Gasteiger partial charge in [0, 0.05) is 110 Å². The predicted molar refractivity (Wildman–Crippen MR) is 362 cm³/mol. The number of hydrogen-bond acceptors (Lipinski definition) is 21. The van der Waals surface area contributed by atoms with Crippen LogP contribution in [0.4, 0.5) is 109 Å². The molecule has 3 aliphatic rings. The molecule has 6 aromatic carbocycles. The molecule has 0 bridgehead atoms. The minimum Gasteiger partial charge on any atom is -0.365 e. The van der Waals surface area contributed by atoms with Gasteiger partial charge in [-0.25, -0.2) is 40.2 Å². The van der Waals surface area contributed by atoms with Gasteiger partial charge in [0.1, 0.15) is 34.1 Å². The van der Waals surface area contributed by atoms with Crippen molar-refractivity contribution in [2.45, 2.75) is 91.4 Å². The van der Waals surface area contributed by atoms with Crippen molar-refractivity contribution in [1.82, 2.24) is 29.9 Å². The fourth-order valence-electron chi connectivity index (χ4n) is 10.3. The Kier molecular flexibility index (Phi) is 21.7. The smallest absolute Gasteiger partial charge is 0.365 e. The van der Waals surface area contributed by atoms with E-state index in [2.05, 4.69) is 77.8 Å². The van der Waals surface area contributed by atoms with Crippen LogP contribution in [0, 0.1) is 0 Å². The van der Waals surface area contributed by atoms with E-state index in [-0.39, 0.29) is 69.9 Å². The summed E-state index contributed by atoms with van der Waals surface area (Å²) in [6, 6.07) is 33.2. The van der Waals surface area contributed by atoms with E-state index in [1.165, 1.54) is 54.6 Å². The molecule has 0 saturated heterocycles. The highest BCUT2D eigenvalue weighted by molar-refractivity contribution is 7.91. The maximum atomic E-state index is 13.5. The fraction of sp³-hybridized carbons (Fsp3) is 0.227. The number of alkyl halides is 9. The number of carbonyl (C=O) groups is 3. The van der Waals surface area contributed by atoms with Gasteiger partial charge < -0.3 is 47.9 Å². The Labute approximate surface area is 577 Å². The molecule has 0 atom stereocenters. The van der Waals surface area contributed by atoms with Crippen molar-refractivity contribution in [3.8, 4) is 0 Å². The minimum atomic E-state index is -4.69. The third kappa shape index (κ3) is 19.7. The van der Waals surface area contributed by atoms with Gasteiger partial charge in [-0.1, -0.05) is 36.4 Å².